The standard InChI is InChI=1S/C24H20ClFN4O2/c25-19-7-4-8-20(26)18(19)14-30-28-21(24(29-30)17-5-2-1-3-6-17)13-27-12-16-9-10-22-23(11-16)32-15-31-22/h1-11,27H,12-15H2. The highest BCUT2D eigenvalue weighted by Crippen LogP contribution is 2.32. The zero-order valence-corrected chi connectivity index (χ0v) is 17.8. The van der Waals surface area contributed by atoms with Crippen molar-refractivity contribution >= 4 is 11.6 Å². The highest BCUT2D eigenvalue weighted by molar-refractivity contribution is 6.31. The van der Waals surface area contributed by atoms with Crippen LogP contribution in [0.15, 0.2) is 66.7 Å². The molecule has 0 amide bonds. The molecule has 6 nitrogen and oxygen atoms in total. The summed E-state index contributed by atoms with van der Waals surface area (Å²) < 4.78 is 25.1. The Balaban J connectivity index is 1.36. The van der Waals surface area contributed by atoms with Crippen molar-refractivity contribution in [2.45, 2.75) is 19.6 Å². The molecule has 1 aromatic heterocycles. The maximum atomic E-state index is 14.3. The minimum atomic E-state index is -0.376. The predicted octanol–water partition coefficient (Wildman–Crippen LogP) is 4.80. The summed E-state index contributed by atoms with van der Waals surface area (Å²) in [5.74, 6) is 1.13. The first kappa shape index (κ1) is 20.5. The smallest absolute Gasteiger partial charge is 0.231 e. The van der Waals surface area contributed by atoms with Gasteiger partial charge in [-0.3, -0.25) is 0 Å². The van der Waals surface area contributed by atoms with Crippen LogP contribution in [0.2, 0.25) is 5.02 Å². The minimum absolute atomic E-state index is 0.146. The summed E-state index contributed by atoms with van der Waals surface area (Å²) in [5, 5.41) is 13.0. The van der Waals surface area contributed by atoms with E-state index < -0.39 is 0 Å². The number of nitrogens with zero attached hydrogens (tertiary/aromatic N) is 3. The van der Waals surface area contributed by atoms with Gasteiger partial charge < -0.3 is 14.8 Å². The molecule has 0 saturated heterocycles. The topological polar surface area (TPSA) is 61.2 Å². The zero-order valence-electron chi connectivity index (χ0n) is 17.1. The van der Waals surface area contributed by atoms with Crippen LogP contribution in [0.4, 0.5) is 4.39 Å². The quantitative estimate of drug-likeness (QED) is 0.438. The van der Waals surface area contributed by atoms with Crippen LogP contribution >= 0.6 is 11.6 Å². The van der Waals surface area contributed by atoms with Crippen molar-refractivity contribution in [2.75, 3.05) is 6.79 Å². The van der Waals surface area contributed by atoms with Gasteiger partial charge in [0.25, 0.3) is 0 Å². The summed E-state index contributed by atoms with van der Waals surface area (Å²) in [6, 6.07) is 20.3. The third-order valence-electron chi connectivity index (χ3n) is 5.19. The van der Waals surface area contributed by atoms with Crippen LogP contribution in [-0.4, -0.2) is 21.8 Å². The van der Waals surface area contributed by atoms with E-state index in [0.29, 0.717) is 23.7 Å². The number of halogens is 2. The van der Waals surface area contributed by atoms with Crippen LogP contribution in [0.25, 0.3) is 11.3 Å². The second-order valence-electron chi connectivity index (χ2n) is 7.38. The molecule has 0 aliphatic carbocycles. The SMILES string of the molecule is Fc1cccc(Cl)c1Cn1nc(CNCc2ccc3c(c2)OCO3)c(-c2ccccc2)n1. The van der Waals surface area contributed by atoms with E-state index in [4.69, 9.17) is 21.1 Å². The molecule has 3 aromatic carbocycles. The summed E-state index contributed by atoms with van der Waals surface area (Å²) >= 11 is 6.19. The van der Waals surface area contributed by atoms with Crippen molar-refractivity contribution in [1.29, 1.82) is 0 Å². The first-order chi connectivity index (χ1) is 15.7. The van der Waals surface area contributed by atoms with Gasteiger partial charge in [-0.2, -0.15) is 15.0 Å². The molecule has 1 aliphatic heterocycles. The molecule has 0 saturated carbocycles. The maximum Gasteiger partial charge on any atom is 0.231 e. The first-order valence-electron chi connectivity index (χ1n) is 10.2. The number of fused-ring (bicyclic) bond motifs is 1. The van der Waals surface area contributed by atoms with E-state index in [0.717, 1.165) is 34.0 Å². The molecule has 0 unspecified atom stereocenters. The van der Waals surface area contributed by atoms with Crippen molar-refractivity contribution < 1.29 is 13.9 Å². The summed E-state index contributed by atoms with van der Waals surface area (Å²) in [5.41, 5.74) is 3.89. The molecule has 0 atom stereocenters. The lowest BCUT2D eigenvalue weighted by molar-refractivity contribution is 0.174. The summed E-state index contributed by atoms with van der Waals surface area (Å²) in [6.07, 6.45) is 0. The summed E-state index contributed by atoms with van der Waals surface area (Å²) in [6.45, 7) is 1.51. The van der Waals surface area contributed by atoms with Crippen molar-refractivity contribution in [3.8, 4) is 22.8 Å². The van der Waals surface area contributed by atoms with Gasteiger partial charge in [0.05, 0.1) is 6.54 Å². The van der Waals surface area contributed by atoms with Crippen molar-refractivity contribution in [1.82, 2.24) is 20.3 Å². The van der Waals surface area contributed by atoms with Crippen LogP contribution in [0.3, 0.4) is 0 Å². The van der Waals surface area contributed by atoms with Gasteiger partial charge in [0, 0.05) is 29.2 Å². The Morgan fingerprint density at radius 3 is 2.62 bits per heavy atom. The van der Waals surface area contributed by atoms with E-state index >= 15 is 0 Å². The van der Waals surface area contributed by atoms with Gasteiger partial charge >= 0.3 is 0 Å². The number of benzene rings is 3. The predicted molar refractivity (Wildman–Crippen MR) is 119 cm³/mol. The van der Waals surface area contributed by atoms with Gasteiger partial charge in [-0.25, -0.2) is 4.39 Å². The average molecular weight is 451 g/mol. The second-order valence-corrected chi connectivity index (χ2v) is 7.79. The molecule has 32 heavy (non-hydrogen) atoms. The summed E-state index contributed by atoms with van der Waals surface area (Å²) in [4.78, 5) is 1.49. The van der Waals surface area contributed by atoms with Crippen LogP contribution in [0.1, 0.15) is 16.8 Å². The fourth-order valence-corrected chi connectivity index (χ4v) is 3.82. The number of rotatable bonds is 7. The Labute approximate surface area is 189 Å². The van der Waals surface area contributed by atoms with Gasteiger partial charge in [-0.05, 0) is 29.8 Å². The van der Waals surface area contributed by atoms with E-state index in [9.17, 15) is 4.39 Å². The summed E-state index contributed by atoms with van der Waals surface area (Å²) in [7, 11) is 0. The molecule has 5 rings (SSSR count). The van der Waals surface area contributed by atoms with E-state index in [-0.39, 0.29) is 19.2 Å². The lowest BCUT2D eigenvalue weighted by Gasteiger charge is -2.06. The first-order valence-corrected chi connectivity index (χ1v) is 10.6. The normalized spacial score (nSPS) is 12.3. The largest absolute Gasteiger partial charge is 0.454 e. The Morgan fingerprint density at radius 1 is 0.938 bits per heavy atom. The van der Waals surface area contributed by atoms with Gasteiger partial charge in [0.2, 0.25) is 6.79 Å². The molecule has 1 aliphatic rings. The number of hydrogen-bond acceptors (Lipinski definition) is 5. The van der Waals surface area contributed by atoms with Crippen molar-refractivity contribution in [3.05, 3.63) is 94.4 Å². The van der Waals surface area contributed by atoms with E-state index in [1.54, 1.807) is 12.1 Å². The third kappa shape index (κ3) is 4.30. The zero-order chi connectivity index (χ0) is 21.9. The van der Waals surface area contributed by atoms with Gasteiger partial charge in [0.15, 0.2) is 11.5 Å². The highest BCUT2D eigenvalue weighted by Gasteiger charge is 2.16. The Hall–Kier alpha value is -3.42. The molecule has 8 heteroatoms. The molecule has 4 aromatic rings. The molecule has 2 heterocycles. The Morgan fingerprint density at radius 2 is 1.78 bits per heavy atom. The van der Waals surface area contributed by atoms with Crippen LogP contribution in [0.5, 0.6) is 11.5 Å². The second kappa shape index (κ2) is 8.98. The van der Waals surface area contributed by atoms with Crippen molar-refractivity contribution in [2.24, 2.45) is 0 Å². The van der Waals surface area contributed by atoms with E-state index in [1.807, 2.05) is 48.5 Å². The molecule has 0 radical (unpaired) electrons. The van der Waals surface area contributed by atoms with Crippen LogP contribution in [0, 0.1) is 5.82 Å². The third-order valence-corrected chi connectivity index (χ3v) is 5.55. The Bertz CT molecular complexity index is 1230. The minimum Gasteiger partial charge on any atom is -0.454 e. The number of hydrogen-bond donors (Lipinski definition) is 1. The lowest BCUT2D eigenvalue weighted by Crippen LogP contribution is -2.14. The fraction of sp³-hybridized carbons (Fsp3) is 0.167. The molecule has 0 fully saturated rings. The van der Waals surface area contributed by atoms with Crippen molar-refractivity contribution in [3.63, 3.8) is 0 Å². The number of nitrogens with one attached hydrogen (secondary N) is 1. The molecule has 1 N–H and O–H groups in total. The average Bonchev–Trinajstić information content (AvgIpc) is 3.43. The number of ether oxygens (including phenoxy) is 2. The van der Waals surface area contributed by atoms with E-state index in [2.05, 4.69) is 15.5 Å². The van der Waals surface area contributed by atoms with Crippen LogP contribution in [-0.2, 0) is 19.6 Å². The molecule has 0 bridgehead atoms. The number of aromatic nitrogens is 3. The maximum absolute atomic E-state index is 14.3. The Kier molecular flexibility index (Phi) is 5.75. The van der Waals surface area contributed by atoms with E-state index in [1.165, 1.54) is 10.9 Å². The van der Waals surface area contributed by atoms with Crippen LogP contribution < -0.4 is 14.8 Å². The van der Waals surface area contributed by atoms with Gasteiger partial charge in [-0.1, -0.05) is 54.1 Å². The molecular formula is C24H20ClFN4O2. The molecular weight excluding hydrogens is 431 g/mol. The van der Waals surface area contributed by atoms with Gasteiger partial charge in [0.1, 0.15) is 17.2 Å². The van der Waals surface area contributed by atoms with Gasteiger partial charge in [-0.15, -0.1) is 0 Å². The lowest BCUT2D eigenvalue weighted by atomic mass is 10.1. The highest BCUT2D eigenvalue weighted by atomic mass is 35.5. The molecule has 162 valence electrons. The monoisotopic (exact) mass is 450 g/mol. The molecule has 0 spiro atoms. The fourth-order valence-electron chi connectivity index (χ4n) is 3.59.